The summed E-state index contributed by atoms with van der Waals surface area (Å²) in [5.41, 5.74) is 2.71. The number of hydrogen-bond donors (Lipinski definition) is 1. The molecular formula is C15H21ClN4O. The Labute approximate surface area is 129 Å². The van der Waals surface area contributed by atoms with Crippen LogP contribution in [-0.2, 0) is 11.3 Å². The SMILES string of the molecule is CCCNC(=O)CCn1c(C(C)Cl)nc2c(C)ccnc21. The van der Waals surface area contributed by atoms with Crippen molar-refractivity contribution in [1.82, 2.24) is 19.9 Å². The molecule has 5 nitrogen and oxygen atoms in total. The Balaban J connectivity index is 2.27. The van der Waals surface area contributed by atoms with Crippen LogP contribution in [-0.4, -0.2) is 27.0 Å². The predicted octanol–water partition coefficient (Wildman–Crippen LogP) is 2.96. The van der Waals surface area contributed by atoms with Gasteiger partial charge < -0.3 is 9.88 Å². The smallest absolute Gasteiger partial charge is 0.221 e. The lowest BCUT2D eigenvalue weighted by molar-refractivity contribution is -0.121. The highest BCUT2D eigenvalue weighted by atomic mass is 35.5. The highest BCUT2D eigenvalue weighted by molar-refractivity contribution is 6.20. The van der Waals surface area contributed by atoms with Gasteiger partial charge in [-0.15, -0.1) is 11.6 Å². The summed E-state index contributed by atoms with van der Waals surface area (Å²) in [5.74, 6) is 0.802. The molecule has 1 N–H and O–H groups in total. The van der Waals surface area contributed by atoms with E-state index < -0.39 is 0 Å². The lowest BCUT2D eigenvalue weighted by Gasteiger charge is -2.10. The number of nitrogens with zero attached hydrogens (tertiary/aromatic N) is 3. The standard InChI is InChI=1S/C15H21ClN4O/c1-4-7-17-12(21)6-9-20-14(11(3)16)19-13-10(2)5-8-18-15(13)20/h5,8,11H,4,6-7,9H2,1-3H3,(H,17,21). The maximum atomic E-state index is 11.8. The number of amides is 1. The van der Waals surface area contributed by atoms with Crippen LogP contribution in [0.25, 0.3) is 11.2 Å². The zero-order chi connectivity index (χ0) is 15.4. The second-order valence-electron chi connectivity index (χ2n) is 5.14. The molecule has 114 valence electrons. The molecule has 2 aromatic rings. The number of alkyl halides is 1. The third-order valence-corrected chi connectivity index (χ3v) is 3.55. The summed E-state index contributed by atoms with van der Waals surface area (Å²) in [5, 5.41) is 2.65. The van der Waals surface area contributed by atoms with Gasteiger partial charge in [-0.2, -0.15) is 0 Å². The normalized spacial score (nSPS) is 12.6. The molecule has 0 radical (unpaired) electrons. The molecule has 0 spiro atoms. The van der Waals surface area contributed by atoms with Gasteiger partial charge in [0.15, 0.2) is 5.65 Å². The Hall–Kier alpha value is -1.62. The van der Waals surface area contributed by atoms with E-state index in [1.54, 1.807) is 6.20 Å². The largest absolute Gasteiger partial charge is 0.356 e. The van der Waals surface area contributed by atoms with Gasteiger partial charge in [-0.25, -0.2) is 9.97 Å². The highest BCUT2D eigenvalue weighted by Gasteiger charge is 2.17. The second kappa shape index (κ2) is 6.89. The fourth-order valence-corrected chi connectivity index (χ4v) is 2.41. The third-order valence-electron chi connectivity index (χ3n) is 3.36. The Morgan fingerprint density at radius 1 is 1.52 bits per heavy atom. The number of fused-ring (bicyclic) bond motifs is 1. The van der Waals surface area contributed by atoms with E-state index in [1.165, 1.54) is 0 Å². The van der Waals surface area contributed by atoms with Crippen LogP contribution in [0, 0.1) is 6.92 Å². The average molecular weight is 309 g/mol. The molecule has 1 unspecified atom stereocenters. The fourth-order valence-electron chi connectivity index (χ4n) is 2.25. The zero-order valence-electron chi connectivity index (χ0n) is 12.7. The summed E-state index contributed by atoms with van der Waals surface area (Å²) >= 11 is 6.22. The van der Waals surface area contributed by atoms with Crippen LogP contribution in [0.5, 0.6) is 0 Å². The van der Waals surface area contributed by atoms with Crippen LogP contribution < -0.4 is 5.32 Å². The molecule has 0 aromatic carbocycles. The van der Waals surface area contributed by atoms with Gasteiger partial charge >= 0.3 is 0 Å². The minimum atomic E-state index is -0.225. The Morgan fingerprint density at radius 2 is 2.29 bits per heavy atom. The minimum absolute atomic E-state index is 0.0412. The van der Waals surface area contributed by atoms with Crippen molar-refractivity contribution in [2.75, 3.05) is 6.54 Å². The van der Waals surface area contributed by atoms with E-state index in [1.807, 2.05) is 31.4 Å². The van der Waals surface area contributed by atoms with E-state index in [-0.39, 0.29) is 11.3 Å². The summed E-state index contributed by atoms with van der Waals surface area (Å²) in [6, 6.07) is 1.93. The first-order valence-corrected chi connectivity index (χ1v) is 7.70. The van der Waals surface area contributed by atoms with Gasteiger partial charge in [0.1, 0.15) is 11.3 Å². The number of rotatable bonds is 6. The fraction of sp³-hybridized carbons (Fsp3) is 0.533. The number of halogens is 1. The Morgan fingerprint density at radius 3 is 2.95 bits per heavy atom. The molecule has 0 aliphatic heterocycles. The van der Waals surface area contributed by atoms with Crippen LogP contribution in [0.15, 0.2) is 12.3 Å². The number of aryl methyl sites for hydroxylation is 2. The zero-order valence-corrected chi connectivity index (χ0v) is 13.4. The highest BCUT2D eigenvalue weighted by Crippen LogP contribution is 2.25. The van der Waals surface area contributed by atoms with E-state index in [0.29, 0.717) is 19.5 Å². The van der Waals surface area contributed by atoms with E-state index in [9.17, 15) is 4.79 Å². The number of carbonyl (C=O) groups excluding carboxylic acids is 1. The Bertz CT molecular complexity index is 636. The first-order valence-electron chi connectivity index (χ1n) is 7.27. The topological polar surface area (TPSA) is 59.8 Å². The quantitative estimate of drug-likeness (QED) is 0.835. The van der Waals surface area contributed by atoms with Crippen molar-refractivity contribution in [2.24, 2.45) is 0 Å². The molecule has 0 saturated heterocycles. The van der Waals surface area contributed by atoms with Crippen LogP contribution >= 0.6 is 11.6 Å². The summed E-state index contributed by atoms with van der Waals surface area (Å²) in [4.78, 5) is 20.8. The number of imidazole rings is 1. The van der Waals surface area contributed by atoms with Crippen LogP contribution in [0.1, 0.15) is 43.5 Å². The molecule has 6 heteroatoms. The lowest BCUT2D eigenvalue weighted by Crippen LogP contribution is -2.25. The molecule has 2 heterocycles. The number of carbonyl (C=O) groups is 1. The van der Waals surface area contributed by atoms with Gasteiger partial charge in [0.05, 0.1) is 5.38 Å². The van der Waals surface area contributed by atoms with Crippen molar-refractivity contribution in [3.05, 3.63) is 23.7 Å². The molecule has 2 rings (SSSR count). The van der Waals surface area contributed by atoms with Crippen LogP contribution in [0.2, 0.25) is 0 Å². The molecule has 0 saturated carbocycles. The van der Waals surface area contributed by atoms with Crippen molar-refractivity contribution in [3.8, 4) is 0 Å². The van der Waals surface area contributed by atoms with Crippen molar-refractivity contribution >= 4 is 28.7 Å². The minimum Gasteiger partial charge on any atom is -0.356 e. The number of nitrogens with one attached hydrogen (secondary N) is 1. The monoisotopic (exact) mass is 308 g/mol. The van der Waals surface area contributed by atoms with Gasteiger partial charge in [0.25, 0.3) is 0 Å². The molecule has 0 fully saturated rings. The molecule has 2 aromatic heterocycles. The molecule has 1 atom stereocenters. The summed E-state index contributed by atoms with van der Waals surface area (Å²) in [6.07, 6.45) is 3.10. The number of pyridine rings is 1. The van der Waals surface area contributed by atoms with Gasteiger partial charge in [0.2, 0.25) is 5.91 Å². The van der Waals surface area contributed by atoms with Crippen LogP contribution in [0.3, 0.4) is 0 Å². The van der Waals surface area contributed by atoms with E-state index in [4.69, 9.17) is 11.6 Å². The van der Waals surface area contributed by atoms with E-state index in [2.05, 4.69) is 15.3 Å². The molecule has 21 heavy (non-hydrogen) atoms. The van der Waals surface area contributed by atoms with E-state index in [0.717, 1.165) is 29.0 Å². The van der Waals surface area contributed by atoms with Crippen molar-refractivity contribution in [1.29, 1.82) is 0 Å². The average Bonchev–Trinajstić information content (AvgIpc) is 2.83. The second-order valence-corrected chi connectivity index (χ2v) is 5.79. The third kappa shape index (κ3) is 3.53. The van der Waals surface area contributed by atoms with Gasteiger partial charge in [0, 0.05) is 25.7 Å². The lowest BCUT2D eigenvalue weighted by atomic mass is 10.3. The number of hydrogen-bond acceptors (Lipinski definition) is 3. The first kappa shape index (κ1) is 15.8. The van der Waals surface area contributed by atoms with Crippen molar-refractivity contribution < 1.29 is 4.79 Å². The summed E-state index contributed by atoms with van der Waals surface area (Å²) < 4.78 is 1.95. The number of aromatic nitrogens is 3. The maximum absolute atomic E-state index is 11.8. The van der Waals surface area contributed by atoms with Gasteiger partial charge in [-0.3, -0.25) is 4.79 Å². The molecule has 0 aliphatic carbocycles. The van der Waals surface area contributed by atoms with Crippen molar-refractivity contribution in [2.45, 2.75) is 45.5 Å². The Kier molecular flexibility index (Phi) is 5.17. The van der Waals surface area contributed by atoms with Gasteiger partial charge in [-0.1, -0.05) is 6.92 Å². The van der Waals surface area contributed by atoms with Gasteiger partial charge in [-0.05, 0) is 31.9 Å². The molecule has 0 bridgehead atoms. The maximum Gasteiger partial charge on any atom is 0.221 e. The first-order chi connectivity index (χ1) is 10.0. The summed E-state index contributed by atoms with van der Waals surface area (Å²) in [7, 11) is 0. The predicted molar refractivity (Wildman–Crippen MR) is 84.5 cm³/mol. The summed E-state index contributed by atoms with van der Waals surface area (Å²) in [6.45, 7) is 7.15. The molecular weight excluding hydrogens is 288 g/mol. The van der Waals surface area contributed by atoms with Crippen molar-refractivity contribution in [3.63, 3.8) is 0 Å². The van der Waals surface area contributed by atoms with E-state index >= 15 is 0 Å². The molecule has 0 aliphatic rings. The van der Waals surface area contributed by atoms with Crippen LogP contribution in [0.4, 0.5) is 0 Å². The molecule has 1 amide bonds.